The Bertz CT molecular complexity index is 593. The molecular formula is C12H8Cl2N4. The molecule has 0 aliphatic heterocycles. The third-order valence-corrected chi connectivity index (χ3v) is 2.92. The molecule has 0 fully saturated rings. The van der Waals surface area contributed by atoms with Gasteiger partial charge in [0.15, 0.2) is 6.04 Å². The molecule has 1 N–H and O–H groups in total. The van der Waals surface area contributed by atoms with Crippen molar-refractivity contribution in [3.63, 3.8) is 0 Å². The number of benzene rings is 1. The van der Waals surface area contributed by atoms with E-state index in [9.17, 15) is 0 Å². The normalized spacial score (nSPS) is 12.4. The average Bonchev–Trinajstić information content (AvgIpc) is 2.37. The average molecular weight is 279 g/mol. The molecule has 1 unspecified atom stereocenters. The van der Waals surface area contributed by atoms with Gasteiger partial charge in [-0.2, -0.15) is 10.5 Å². The zero-order valence-electron chi connectivity index (χ0n) is 9.41. The quantitative estimate of drug-likeness (QED) is 0.861. The van der Waals surface area contributed by atoms with Crippen molar-refractivity contribution >= 4 is 34.6 Å². The van der Waals surface area contributed by atoms with Crippen molar-refractivity contribution in [2.45, 2.75) is 13.0 Å². The van der Waals surface area contributed by atoms with Crippen molar-refractivity contribution in [3.05, 3.63) is 33.8 Å². The lowest BCUT2D eigenvalue weighted by Gasteiger charge is -2.05. The van der Waals surface area contributed by atoms with Gasteiger partial charge in [0, 0.05) is 5.71 Å². The minimum atomic E-state index is -1.09. The van der Waals surface area contributed by atoms with E-state index in [1.54, 1.807) is 37.3 Å². The first-order chi connectivity index (χ1) is 8.49. The van der Waals surface area contributed by atoms with Crippen LogP contribution in [0.4, 0.5) is 0 Å². The molecule has 0 aliphatic carbocycles. The highest BCUT2D eigenvalue weighted by molar-refractivity contribution is 6.42. The maximum atomic E-state index is 8.83. The second-order valence-electron chi connectivity index (χ2n) is 3.40. The fourth-order valence-corrected chi connectivity index (χ4v) is 1.51. The molecule has 90 valence electrons. The van der Waals surface area contributed by atoms with Gasteiger partial charge in [0.1, 0.15) is 11.8 Å². The molecule has 4 nitrogen and oxygen atoms in total. The summed E-state index contributed by atoms with van der Waals surface area (Å²) in [6.07, 6.45) is 0. The van der Waals surface area contributed by atoms with Crippen molar-refractivity contribution in [2.24, 2.45) is 4.99 Å². The summed E-state index contributed by atoms with van der Waals surface area (Å²) >= 11 is 11.7. The summed E-state index contributed by atoms with van der Waals surface area (Å²) < 4.78 is 0. The lowest BCUT2D eigenvalue weighted by atomic mass is 10.1. The third-order valence-electron chi connectivity index (χ3n) is 2.18. The van der Waals surface area contributed by atoms with Crippen molar-refractivity contribution in [2.75, 3.05) is 0 Å². The number of nitrogens with one attached hydrogen (secondary N) is 1. The second kappa shape index (κ2) is 6.16. The molecule has 0 bridgehead atoms. The topological polar surface area (TPSA) is 83.8 Å². The molecule has 0 saturated heterocycles. The van der Waals surface area contributed by atoms with E-state index in [4.69, 9.17) is 39.1 Å². The van der Waals surface area contributed by atoms with Gasteiger partial charge >= 0.3 is 0 Å². The van der Waals surface area contributed by atoms with Crippen LogP contribution in [-0.4, -0.2) is 17.5 Å². The Labute approximate surface area is 115 Å². The molecule has 0 aliphatic rings. The molecule has 1 atom stereocenters. The molecule has 0 radical (unpaired) electrons. The lowest BCUT2D eigenvalue weighted by molar-refractivity contribution is 1.08. The van der Waals surface area contributed by atoms with Crippen molar-refractivity contribution in [1.82, 2.24) is 0 Å². The van der Waals surface area contributed by atoms with E-state index in [0.717, 1.165) is 0 Å². The molecule has 0 aromatic heterocycles. The van der Waals surface area contributed by atoms with Crippen LogP contribution in [0.1, 0.15) is 12.5 Å². The highest BCUT2D eigenvalue weighted by Crippen LogP contribution is 2.23. The molecule has 0 amide bonds. The summed E-state index contributed by atoms with van der Waals surface area (Å²) in [5.41, 5.74) is 0.812. The number of aliphatic imine (C=N–C) groups is 1. The van der Waals surface area contributed by atoms with E-state index in [1.165, 1.54) is 0 Å². The minimum absolute atomic E-state index is 0.382. The Balaban J connectivity index is 3.10. The van der Waals surface area contributed by atoms with Crippen LogP contribution in [0, 0.1) is 28.1 Å². The molecular weight excluding hydrogens is 271 g/mol. The molecule has 0 spiro atoms. The summed E-state index contributed by atoms with van der Waals surface area (Å²) in [5.74, 6) is 0. The van der Waals surface area contributed by atoms with Crippen LogP contribution in [0.3, 0.4) is 0 Å². The highest BCUT2D eigenvalue weighted by atomic mass is 35.5. The van der Waals surface area contributed by atoms with Crippen LogP contribution in [0.5, 0.6) is 0 Å². The van der Waals surface area contributed by atoms with Gasteiger partial charge in [-0.3, -0.25) is 10.4 Å². The number of halogens is 2. The van der Waals surface area contributed by atoms with Crippen molar-refractivity contribution < 1.29 is 0 Å². The van der Waals surface area contributed by atoms with Crippen LogP contribution in [-0.2, 0) is 0 Å². The van der Waals surface area contributed by atoms with Crippen LogP contribution in [0.25, 0.3) is 0 Å². The Morgan fingerprint density at radius 1 is 1.33 bits per heavy atom. The largest absolute Gasteiger partial charge is 0.291 e. The monoisotopic (exact) mass is 278 g/mol. The van der Waals surface area contributed by atoms with E-state index in [1.807, 2.05) is 0 Å². The summed E-state index contributed by atoms with van der Waals surface area (Å²) in [5, 5.41) is 25.5. The van der Waals surface area contributed by atoms with Gasteiger partial charge < -0.3 is 0 Å². The highest BCUT2D eigenvalue weighted by Gasteiger charge is 2.12. The first kappa shape index (κ1) is 14.2. The van der Waals surface area contributed by atoms with Crippen LogP contribution >= 0.6 is 23.2 Å². The first-order valence-electron chi connectivity index (χ1n) is 4.87. The summed E-state index contributed by atoms with van der Waals surface area (Å²) in [6.45, 7) is 1.68. The number of hydrogen-bond acceptors (Lipinski definition) is 4. The van der Waals surface area contributed by atoms with Crippen LogP contribution in [0.2, 0.25) is 10.0 Å². The lowest BCUT2D eigenvalue weighted by Crippen LogP contribution is -2.15. The third kappa shape index (κ3) is 3.30. The Morgan fingerprint density at radius 3 is 2.50 bits per heavy atom. The van der Waals surface area contributed by atoms with Crippen LogP contribution in [0.15, 0.2) is 23.2 Å². The minimum Gasteiger partial charge on any atom is -0.291 e. The van der Waals surface area contributed by atoms with Crippen molar-refractivity contribution in [3.8, 4) is 12.1 Å². The fraction of sp³-hybridized carbons (Fsp3) is 0.167. The molecule has 6 heteroatoms. The summed E-state index contributed by atoms with van der Waals surface area (Å²) in [6, 6.07) is 7.24. The number of nitriles is 2. The van der Waals surface area contributed by atoms with E-state index in [2.05, 4.69) is 4.99 Å². The van der Waals surface area contributed by atoms with Gasteiger partial charge in [-0.15, -0.1) is 0 Å². The molecule has 0 heterocycles. The smallest absolute Gasteiger partial charge is 0.187 e. The van der Waals surface area contributed by atoms with E-state index < -0.39 is 11.8 Å². The second-order valence-corrected chi connectivity index (χ2v) is 4.21. The number of nitrogens with zero attached hydrogens (tertiary/aromatic N) is 3. The zero-order valence-corrected chi connectivity index (χ0v) is 10.9. The molecule has 1 aromatic rings. The van der Waals surface area contributed by atoms with Gasteiger partial charge in [-0.05, 0) is 24.6 Å². The van der Waals surface area contributed by atoms with E-state index in [-0.39, 0.29) is 0 Å². The molecule has 1 rings (SSSR count). The Hall–Kier alpha value is -1.88. The van der Waals surface area contributed by atoms with Gasteiger partial charge in [0.2, 0.25) is 0 Å². The molecule has 18 heavy (non-hydrogen) atoms. The standard InChI is InChI=1S/C12H8Cl2N4/c1-7(18-12(6-16)11(17)5-15)8-2-3-9(13)10(14)4-8/h2-4,12,17H,1H3. The summed E-state index contributed by atoms with van der Waals surface area (Å²) in [4.78, 5) is 4.01. The maximum absolute atomic E-state index is 8.83. The van der Waals surface area contributed by atoms with Gasteiger partial charge in [-0.25, -0.2) is 0 Å². The Kier molecular flexibility index (Phi) is 4.85. The van der Waals surface area contributed by atoms with Crippen molar-refractivity contribution in [1.29, 1.82) is 15.9 Å². The van der Waals surface area contributed by atoms with Gasteiger partial charge in [0.05, 0.1) is 16.1 Å². The van der Waals surface area contributed by atoms with Gasteiger partial charge in [0.25, 0.3) is 0 Å². The predicted molar refractivity (Wildman–Crippen MR) is 71.4 cm³/mol. The number of hydrogen-bond donors (Lipinski definition) is 1. The number of rotatable bonds is 3. The molecule has 0 saturated carbocycles. The Morgan fingerprint density at radius 2 is 2.00 bits per heavy atom. The molecule has 1 aromatic carbocycles. The maximum Gasteiger partial charge on any atom is 0.187 e. The zero-order chi connectivity index (χ0) is 13.7. The first-order valence-corrected chi connectivity index (χ1v) is 5.63. The predicted octanol–water partition coefficient (Wildman–Crippen LogP) is 3.24. The fourth-order valence-electron chi connectivity index (χ4n) is 1.21. The van der Waals surface area contributed by atoms with E-state index in [0.29, 0.717) is 21.3 Å². The SMILES string of the molecule is CC(=NC(C#N)C(=N)C#N)c1ccc(Cl)c(Cl)c1. The van der Waals surface area contributed by atoms with E-state index >= 15 is 0 Å². The van der Waals surface area contributed by atoms with Gasteiger partial charge in [-0.1, -0.05) is 29.3 Å². The van der Waals surface area contributed by atoms with Crippen LogP contribution < -0.4 is 0 Å². The summed E-state index contributed by atoms with van der Waals surface area (Å²) in [7, 11) is 0.